The summed E-state index contributed by atoms with van der Waals surface area (Å²) < 4.78 is 0. The van der Waals surface area contributed by atoms with Crippen molar-refractivity contribution in [2.45, 2.75) is 86.5 Å². The lowest BCUT2D eigenvalue weighted by atomic mass is 9.34. The number of amides is 1. The number of aliphatic hydroxyl groups is 1. The Hall–Kier alpha value is -2.26. The maximum atomic E-state index is 14.4. The van der Waals surface area contributed by atoms with Crippen LogP contribution in [0.3, 0.4) is 0 Å². The molecule has 3 fully saturated rings. The Morgan fingerprint density at radius 2 is 1.82 bits per heavy atom. The number of nitrogens with one attached hydrogen (secondary N) is 1. The Kier molecular flexibility index (Phi) is 6.19. The lowest BCUT2D eigenvalue weighted by Gasteiger charge is -2.68. The van der Waals surface area contributed by atoms with E-state index in [2.05, 4.69) is 39.1 Å². The maximum absolute atomic E-state index is 14.4. The number of allylic oxidation sites excluding steroid dienone is 4. The lowest BCUT2D eigenvalue weighted by Crippen LogP contribution is -2.66. The first kappa shape index (κ1) is 27.3. The van der Waals surface area contributed by atoms with E-state index in [1.54, 1.807) is 0 Å². The van der Waals surface area contributed by atoms with Crippen molar-refractivity contribution in [1.29, 1.82) is 5.26 Å². The molecule has 5 aliphatic rings. The number of carbonyl (C=O) groups excluding carboxylic acids is 3. The minimum Gasteiger partial charge on any atom is -0.395 e. The number of hydrogen-bond donors (Lipinski definition) is 2. The number of rotatable bonds is 3. The van der Waals surface area contributed by atoms with Gasteiger partial charge in [0.25, 0.3) is 0 Å². The first-order chi connectivity index (χ1) is 17.7. The average Bonchev–Trinajstić information content (AvgIpc) is 2.86. The van der Waals surface area contributed by atoms with Gasteiger partial charge in [-0.2, -0.15) is 5.26 Å². The standard InChI is InChI=1S/C32H44N2O4/c1-19-7-10-32(27(38)34-13-14-35)12-11-31(6)25(21(32)15-19)22(36)16-24-29(4)17-20(18-33)26(37)28(2,3)23(29)8-9-30(24,31)5/h16-17,19,21,23,25,35H,7-15H2,1-6H3,(H,34,38)/t19-,21?,23-,25?,29-,30+,31+,32-/m0/s1. The van der Waals surface area contributed by atoms with Crippen LogP contribution in [-0.2, 0) is 14.4 Å². The number of Topliss-reactive ketones (excluding diaryl/α,β-unsaturated/α-hetero) is 1. The fraction of sp³-hybridized carbons (Fsp3) is 0.750. The predicted octanol–water partition coefficient (Wildman–Crippen LogP) is 4.92. The van der Waals surface area contributed by atoms with Gasteiger partial charge < -0.3 is 10.4 Å². The Morgan fingerprint density at radius 1 is 1.11 bits per heavy atom. The molecule has 0 aromatic carbocycles. The molecular formula is C32H44N2O4. The number of aliphatic hydroxyl groups excluding tert-OH is 1. The van der Waals surface area contributed by atoms with E-state index in [1.807, 2.05) is 26.0 Å². The van der Waals surface area contributed by atoms with Crippen LogP contribution in [0.25, 0.3) is 0 Å². The van der Waals surface area contributed by atoms with E-state index in [4.69, 9.17) is 0 Å². The van der Waals surface area contributed by atoms with Gasteiger partial charge >= 0.3 is 0 Å². The molecule has 5 rings (SSSR count). The topological polar surface area (TPSA) is 107 Å². The summed E-state index contributed by atoms with van der Waals surface area (Å²) in [6.45, 7) is 13.0. The van der Waals surface area contributed by atoms with Gasteiger partial charge in [0.05, 0.1) is 17.6 Å². The van der Waals surface area contributed by atoms with Crippen LogP contribution in [0.2, 0.25) is 0 Å². The molecule has 0 aromatic heterocycles. The van der Waals surface area contributed by atoms with Crippen LogP contribution < -0.4 is 5.32 Å². The Bertz CT molecular complexity index is 1190. The van der Waals surface area contributed by atoms with E-state index in [0.717, 1.165) is 50.5 Å². The van der Waals surface area contributed by atoms with Crippen molar-refractivity contribution in [1.82, 2.24) is 5.32 Å². The van der Waals surface area contributed by atoms with Crippen molar-refractivity contribution in [3.8, 4) is 6.07 Å². The van der Waals surface area contributed by atoms with Crippen LogP contribution in [0, 0.1) is 62.1 Å². The fourth-order valence-corrected chi connectivity index (χ4v) is 10.2. The summed E-state index contributed by atoms with van der Waals surface area (Å²) in [7, 11) is 0. The molecule has 2 unspecified atom stereocenters. The van der Waals surface area contributed by atoms with Crippen molar-refractivity contribution >= 4 is 17.5 Å². The van der Waals surface area contributed by atoms with Gasteiger partial charge in [-0.3, -0.25) is 14.4 Å². The van der Waals surface area contributed by atoms with Crippen molar-refractivity contribution in [2.24, 2.45) is 50.7 Å². The third-order valence-electron chi connectivity index (χ3n) is 12.4. The van der Waals surface area contributed by atoms with Crippen LogP contribution in [0.1, 0.15) is 86.5 Å². The molecular weight excluding hydrogens is 476 g/mol. The van der Waals surface area contributed by atoms with E-state index in [-0.39, 0.29) is 64.8 Å². The molecule has 0 heterocycles. The van der Waals surface area contributed by atoms with Crippen LogP contribution in [0.15, 0.2) is 23.3 Å². The smallest absolute Gasteiger partial charge is 0.226 e. The fourth-order valence-electron chi connectivity index (χ4n) is 10.2. The molecule has 2 N–H and O–H groups in total. The zero-order valence-corrected chi connectivity index (χ0v) is 23.9. The van der Waals surface area contributed by atoms with Crippen molar-refractivity contribution in [2.75, 3.05) is 13.2 Å². The Balaban J connectivity index is 1.66. The second-order valence-corrected chi connectivity index (χ2v) is 14.4. The monoisotopic (exact) mass is 520 g/mol. The van der Waals surface area contributed by atoms with Crippen molar-refractivity contribution < 1.29 is 19.5 Å². The summed E-state index contributed by atoms with van der Waals surface area (Å²) in [4.78, 5) is 41.2. The Labute approximate surface area is 227 Å². The molecule has 38 heavy (non-hydrogen) atoms. The van der Waals surface area contributed by atoms with Gasteiger partial charge in [-0.05, 0) is 79.6 Å². The molecule has 3 saturated carbocycles. The van der Waals surface area contributed by atoms with Gasteiger partial charge in [-0.1, -0.05) is 53.2 Å². The minimum atomic E-state index is -0.678. The van der Waals surface area contributed by atoms with E-state index in [9.17, 15) is 24.8 Å². The zero-order valence-electron chi connectivity index (χ0n) is 23.9. The molecule has 0 aromatic rings. The van der Waals surface area contributed by atoms with Gasteiger partial charge in [0.15, 0.2) is 11.6 Å². The summed E-state index contributed by atoms with van der Waals surface area (Å²) in [6, 6.07) is 2.17. The number of carbonyl (C=O) groups is 3. The molecule has 6 nitrogen and oxygen atoms in total. The first-order valence-corrected chi connectivity index (χ1v) is 14.6. The largest absolute Gasteiger partial charge is 0.395 e. The van der Waals surface area contributed by atoms with Gasteiger partial charge in [-0.15, -0.1) is 0 Å². The van der Waals surface area contributed by atoms with E-state index >= 15 is 0 Å². The maximum Gasteiger partial charge on any atom is 0.226 e. The van der Waals surface area contributed by atoms with Crippen LogP contribution in [0.5, 0.6) is 0 Å². The van der Waals surface area contributed by atoms with E-state index in [0.29, 0.717) is 5.92 Å². The summed E-state index contributed by atoms with van der Waals surface area (Å²) >= 11 is 0. The molecule has 0 radical (unpaired) electrons. The number of ketones is 2. The molecule has 8 atom stereocenters. The molecule has 6 heteroatoms. The van der Waals surface area contributed by atoms with Gasteiger partial charge in [-0.25, -0.2) is 0 Å². The van der Waals surface area contributed by atoms with Crippen LogP contribution in [-0.4, -0.2) is 35.7 Å². The number of fused-ring (bicyclic) bond motifs is 7. The van der Waals surface area contributed by atoms with Crippen LogP contribution in [0.4, 0.5) is 0 Å². The molecule has 1 amide bonds. The van der Waals surface area contributed by atoms with E-state index < -0.39 is 16.2 Å². The highest BCUT2D eigenvalue weighted by atomic mass is 16.3. The summed E-state index contributed by atoms with van der Waals surface area (Å²) in [6.07, 6.45) is 9.66. The highest BCUT2D eigenvalue weighted by molar-refractivity contribution is 6.04. The quantitative estimate of drug-likeness (QED) is 0.549. The highest BCUT2D eigenvalue weighted by Crippen LogP contribution is 2.74. The number of nitriles is 1. The highest BCUT2D eigenvalue weighted by Gasteiger charge is 2.70. The van der Waals surface area contributed by atoms with Crippen molar-refractivity contribution in [3.05, 3.63) is 23.3 Å². The van der Waals surface area contributed by atoms with Gasteiger partial charge in [0.2, 0.25) is 5.91 Å². The second kappa shape index (κ2) is 8.62. The van der Waals surface area contributed by atoms with Gasteiger partial charge in [0.1, 0.15) is 6.07 Å². The van der Waals surface area contributed by atoms with Crippen LogP contribution >= 0.6 is 0 Å². The molecule has 0 spiro atoms. The first-order valence-electron chi connectivity index (χ1n) is 14.6. The lowest BCUT2D eigenvalue weighted by molar-refractivity contribution is -0.174. The third-order valence-corrected chi connectivity index (χ3v) is 12.4. The average molecular weight is 521 g/mol. The summed E-state index contributed by atoms with van der Waals surface area (Å²) in [5, 5.41) is 22.2. The molecule has 0 aliphatic heterocycles. The molecule has 0 saturated heterocycles. The predicted molar refractivity (Wildman–Crippen MR) is 144 cm³/mol. The zero-order chi connectivity index (χ0) is 27.9. The summed E-state index contributed by atoms with van der Waals surface area (Å²) in [5.41, 5.74) is -1.11. The third kappa shape index (κ3) is 3.30. The minimum absolute atomic E-state index is 0.00281. The number of nitrogens with zero attached hydrogens (tertiary/aromatic N) is 1. The molecule has 0 bridgehead atoms. The normalized spacial score (nSPS) is 45.3. The summed E-state index contributed by atoms with van der Waals surface area (Å²) in [5.74, 6) is 0.214. The Morgan fingerprint density at radius 3 is 2.47 bits per heavy atom. The van der Waals surface area contributed by atoms with Crippen molar-refractivity contribution in [3.63, 3.8) is 0 Å². The SMILES string of the molecule is C[C@H]1CC[C@]2(C(=O)NCCO)CC[C@]3(C)C(C(=O)C=C4[C@@]5(C)C=C(C#N)C(=O)C(C)(C)[C@@H]5CC[C@]43C)C2C1. The molecule has 206 valence electrons. The molecule has 5 aliphatic carbocycles. The second-order valence-electron chi connectivity index (χ2n) is 14.4. The van der Waals surface area contributed by atoms with E-state index in [1.165, 1.54) is 0 Å². The van der Waals surface area contributed by atoms with Gasteiger partial charge in [0, 0.05) is 23.3 Å². The number of hydrogen-bond acceptors (Lipinski definition) is 5.